The van der Waals surface area contributed by atoms with Crippen LogP contribution in [-0.4, -0.2) is 212 Å². The lowest BCUT2D eigenvalue weighted by Crippen LogP contribution is -2.61. The number of allylic oxidation sites excluding steroid dienone is 1. The number of aliphatic hydroxyl groups is 9. The molecule has 0 saturated carbocycles. The van der Waals surface area contributed by atoms with Gasteiger partial charge in [-0.1, -0.05) is 111 Å². The first kappa shape index (κ1) is 87.0. The summed E-state index contributed by atoms with van der Waals surface area (Å²) < 4.78 is 60.7. The van der Waals surface area contributed by atoms with Gasteiger partial charge in [0.05, 0.1) is 72.4 Å². The Morgan fingerprint density at radius 1 is 0.739 bits per heavy atom. The average molecular weight is 1590 g/mol. The van der Waals surface area contributed by atoms with Gasteiger partial charge in [0.15, 0.2) is 35.1 Å². The van der Waals surface area contributed by atoms with E-state index in [9.17, 15) is 68.1 Å². The van der Waals surface area contributed by atoms with Crippen LogP contribution >= 0.6 is 0 Å². The number of nitrogens with zero attached hydrogens (tertiary/aromatic N) is 11. The monoisotopic (exact) mass is 1590 g/mol. The van der Waals surface area contributed by atoms with Crippen molar-refractivity contribution in [2.24, 2.45) is 15.9 Å². The first-order chi connectivity index (χ1) is 54.7. The van der Waals surface area contributed by atoms with Gasteiger partial charge in [-0.15, -0.1) is 0 Å². The second-order valence-electron chi connectivity index (χ2n) is 27.9. The lowest BCUT2D eigenvalue weighted by molar-refractivity contribution is -0.146. The van der Waals surface area contributed by atoms with Crippen LogP contribution in [0.25, 0.3) is 49.6 Å². The number of rotatable bonds is 20. The summed E-state index contributed by atoms with van der Waals surface area (Å²) in [6.07, 6.45) is -1.59. The molecular formula is C81H91F3N14O17. The lowest BCUT2D eigenvalue weighted by Gasteiger charge is -2.40. The maximum Gasteiger partial charge on any atom is 0.376 e. The van der Waals surface area contributed by atoms with Crippen LogP contribution in [0.15, 0.2) is 195 Å². The summed E-state index contributed by atoms with van der Waals surface area (Å²) in [5.74, 6) is -4.97. The van der Waals surface area contributed by atoms with Crippen molar-refractivity contribution in [3.8, 4) is 0 Å². The van der Waals surface area contributed by atoms with Crippen molar-refractivity contribution >= 4 is 96.7 Å². The summed E-state index contributed by atoms with van der Waals surface area (Å²) in [6, 6.07) is 42.6. The molecule has 11 aromatic rings. The van der Waals surface area contributed by atoms with E-state index in [1.807, 2.05) is 96.7 Å². The van der Waals surface area contributed by atoms with E-state index in [1.54, 1.807) is 62.2 Å². The van der Waals surface area contributed by atoms with Crippen LogP contribution in [0.5, 0.6) is 0 Å². The number of pyridine rings is 2. The number of furan rings is 1. The fourth-order valence-corrected chi connectivity index (χ4v) is 12.4. The molecule has 2 saturated heterocycles. The van der Waals surface area contributed by atoms with Gasteiger partial charge in [0.2, 0.25) is 12.0 Å². The van der Waals surface area contributed by atoms with Crippen molar-refractivity contribution in [2.45, 2.75) is 121 Å². The number of likely N-dealkylation sites (tertiary alicyclic amines) is 1. The molecule has 31 nitrogen and oxygen atoms in total. The number of carboxylic acids is 1. The van der Waals surface area contributed by atoms with Crippen LogP contribution in [0.1, 0.15) is 85.2 Å². The van der Waals surface area contributed by atoms with Gasteiger partial charge in [-0.3, -0.25) is 24.0 Å². The maximum absolute atomic E-state index is 13.7. The fourth-order valence-electron chi connectivity index (χ4n) is 12.4. The van der Waals surface area contributed by atoms with Gasteiger partial charge >= 0.3 is 17.6 Å². The topological polar surface area (TPSA) is 487 Å². The molecule has 34 heteroatoms. The number of aliphatic carboxylic acids is 1. The minimum atomic E-state index is -3.71. The Kier molecular flexibility index (Phi) is 29.7. The number of aliphatic imine (C=N–C) groups is 2. The van der Waals surface area contributed by atoms with Crippen LogP contribution in [0.3, 0.4) is 0 Å². The number of β-amino-alcohol motifs (C(OH)–C–C–N with tert-alkyl or cyclic N) is 1. The van der Waals surface area contributed by atoms with Crippen molar-refractivity contribution in [1.82, 2.24) is 43.5 Å². The van der Waals surface area contributed by atoms with E-state index in [-0.39, 0.29) is 47.9 Å². The summed E-state index contributed by atoms with van der Waals surface area (Å²) in [6.45, 7) is 11.8. The predicted octanol–water partition coefficient (Wildman–Crippen LogP) is 7.33. The molecule has 0 radical (unpaired) electrons. The Morgan fingerprint density at radius 2 is 1.37 bits per heavy atom. The van der Waals surface area contributed by atoms with Crippen LogP contribution in [0.4, 0.5) is 30.6 Å². The number of benzene rings is 5. The molecule has 16 N–H and O–H groups in total. The quantitative estimate of drug-likeness (QED) is 0.0154. The smallest absolute Gasteiger partial charge is 0.376 e. The highest BCUT2D eigenvalue weighted by atomic mass is 19.3. The lowest BCUT2D eigenvalue weighted by atomic mass is 9.95. The molecule has 3 unspecified atom stereocenters. The SMILES string of the molecule is CC(C)Cn1cnc2c(N)nc3ccccc3c21.CCOCc1nc2c(N)nc3ccccc3c2n1CC(C)(C)O.CN1C[C@H](O)[C@@H](O)[C@H](O)[C@H]1CO.Nc1ccn(C2OC(CO)C(O)C2(F)F)c(=O)n1.O=C(/C=C(\O)C1=NCC=N1)c1ccc(Cc2ccc(F)cc2)o1.O=C(O)C(=O)C=C(O)c1cccc(Cc2ccccc2)c1. The minimum absolute atomic E-state index is 0.108. The Balaban J connectivity index is 0.000000159. The van der Waals surface area contributed by atoms with Crippen LogP contribution < -0.4 is 22.9 Å². The van der Waals surface area contributed by atoms with Gasteiger partial charge in [0, 0.05) is 67.0 Å². The number of piperidine rings is 1. The number of ketones is 2. The van der Waals surface area contributed by atoms with Crippen molar-refractivity contribution < 1.29 is 92.5 Å². The summed E-state index contributed by atoms with van der Waals surface area (Å²) in [7, 11) is 1.68. The molecule has 3 aliphatic rings. The number of carbonyl (C=O) groups excluding carboxylic acids is 2. The number of fused-ring (bicyclic) bond motifs is 6. The van der Waals surface area contributed by atoms with E-state index in [0.29, 0.717) is 84.2 Å². The number of likely N-dealkylation sites (N-methyl/N-ethyl adjacent to an activating group) is 1. The Hall–Kier alpha value is -12.0. The third kappa shape index (κ3) is 22.5. The predicted molar refractivity (Wildman–Crippen MR) is 424 cm³/mol. The number of alkyl halides is 2. The highest BCUT2D eigenvalue weighted by Gasteiger charge is 2.59. The Labute approximate surface area is 656 Å². The molecule has 608 valence electrons. The normalized spacial score (nSPS) is 18.6. The van der Waals surface area contributed by atoms with Gasteiger partial charge in [-0.2, -0.15) is 13.8 Å². The second kappa shape index (κ2) is 39.2. The molecule has 0 aliphatic carbocycles. The number of halogens is 3. The summed E-state index contributed by atoms with van der Waals surface area (Å²) in [5.41, 5.74) is 24.0. The number of aromatic nitrogens is 8. The zero-order valence-electron chi connectivity index (χ0n) is 63.5. The summed E-state index contributed by atoms with van der Waals surface area (Å²) in [5, 5.41) is 95.2. The molecule has 6 aromatic heterocycles. The van der Waals surface area contributed by atoms with E-state index in [1.165, 1.54) is 24.4 Å². The van der Waals surface area contributed by atoms with Crippen LogP contribution in [-0.2, 0) is 51.6 Å². The van der Waals surface area contributed by atoms with Crippen LogP contribution in [0.2, 0.25) is 0 Å². The molecule has 5 aromatic carbocycles. The van der Waals surface area contributed by atoms with Crippen molar-refractivity contribution in [3.05, 3.63) is 232 Å². The number of aliphatic hydroxyl groups excluding tert-OH is 8. The third-order valence-electron chi connectivity index (χ3n) is 17.9. The zero-order valence-corrected chi connectivity index (χ0v) is 63.5. The van der Waals surface area contributed by atoms with Crippen LogP contribution in [0, 0.1) is 11.7 Å². The number of imidazole rings is 2. The first-order valence-corrected chi connectivity index (χ1v) is 36.2. The molecule has 14 rings (SSSR count). The molecule has 0 amide bonds. The highest BCUT2D eigenvalue weighted by molar-refractivity contribution is 6.38. The molecule has 7 atom stereocenters. The molecular weight excluding hydrogens is 1500 g/mol. The van der Waals surface area contributed by atoms with Gasteiger partial charge in [0.25, 0.3) is 5.78 Å². The number of ether oxygens (including phenoxy) is 2. The molecule has 3 aliphatic heterocycles. The van der Waals surface area contributed by atoms with E-state index in [0.717, 1.165) is 85.8 Å². The number of carbonyl (C=O) groups is 3. The number of amidine groups is 1. The number of anilines is 3. The molecule has 0 spiro atoms. The van der Waals surface area contributed by atoms with Gasteiger partial charge in [-0.05, 0) is 105 Å². The molecule has 2 fully saturated rings. The van der Waals surface area contributed by atoms with Gasteiger partial charge in [0.1, 0.15) is 64.9 Å². The third-order valence-corrected chi connectivity index (χ3v) is 17.9. The van der Waals surface area contributed by atoms with Gasteiger partial charge in [-0.25, -0.2) is 38.9 Å². The Morgan fingerprint density at radius 3 is 1.97 bits per heavy atom. The molecule has 9 heterocycles. The largest absolute Gasteiger partial charge is 0.507 e. The zero-order chi connectivity index (χ0) is 83.6. The number of nitrogen functional groups attached to an aromatic ring is 3. The van der Waals surface area contributed by atoms with Gasteiger partial charge < -0.3 is 91.3 Å². The van der Waals surface area contributed by atoms with E-state index in [4.69, 9.17) is 46.4 Å². The number of nitrogens with two attached hydrogens (primary N) is 3. The Bertz CT molecular complexity index is 5380. The second-order valence-corrected chi connectivity index (χ2v) is 27.9. The number of hydrogen-bond donors (Lipinski definition) is 13. The van der Waals surface area contributed by atoms with E-state index < -0.39 is 84.1 Å². The standard InChI is InChI=1S/C17H13FN2O3.C17H22N4O2.C17H14O4.C14H16N4.C9H11F2N3O4.C7H15NO4/c18-12-3-1-11(2-4-12)9-13-5-6-16(23-13)14(21)10-15(22)17-19-7-8-20-17;1-4-23-9-13-20-14-15(21(13)10-17(2,3)22)11-7-5-6-8-12(11)19-16(14)18;18-15(11-16(19)17(20)21)14-8-4-7-13(10-14)9-12-5-2-1-3-6-12;1-9(2)7-18-8-16-12-13(18)10-5-3-4-6-11(10)17-14(12)15;10-9(11)6(16)4(3-15)18-7(9)14-2-1-5(12)13-8(14)17;1-8-2-5(10)7(12)6(11)4(8)3-9/h1-7,10,22H,8-9H2;5-8,22H,4,9-10H2,1-3H3,(H2,18,19);1-8,10-11,18H,9H2,(H,20,21);3-6,8-9H,7H2,1-2H3,(H2,15,17);1-2,4,6-7,15-16H,3H2,(H2,12,13,17);4-7,9-12H,2-3H2,1H3/b15-10-;;;;;/t;;;;;4-,5+,6-,7-/m.....1/s1. The summed E-state index contributed by atoms with van der Waals surface area (Å²) in [4.78, 5) is 75.5. The van der Waals surface area contributed by atoms with Crippen molar-refractivity contribution in [2.75, 3.05) is 57.2 Å². The number of hydrogen-bond acceptors (Lipinski definition) is 27. The number of carboxylic acid groups (broad SMARTS) is 1. The first-order valence-electron chi connectivity index (χ1n) is 36.2. The number of para-hydroxylation sites is 2. The molecule has 115 heavy (non-hydrogen) atoms. The van der Waals surface area contributed by atoms with Crippen molar-refractivity contribution in [3.63, 3.8) is 0 Å². The minimum Gasteiger partial charge on any atom is -0.507 e. The van der Waals surface area contributed by atoms with Crippen molar-refractivity contribution in [1.29, 1.82) is 0 Å². The average Bonchev–Trinajstić information content (AvgIpc) is 1.61. The fraction of sp³-hybridized carbons (Fsp3) is 0.321. The summed E-state index contributed by atoms with van der Waals surface area (Å²) >= 11 is 0. The van der Waals surface area contributed by atoms with E-state index in [2.05, 4.69) is 59.4 Å². The molecule has 0 bridgehead atoms. The van der Waals surface area contributed by atoms with E-state index >= 15 is 0 Å². The maximum atomic E-state index is 13.7. The highest BCUT2D eigenvalue weighted by Crippen LogP contribution is 2.42.